The highest BCUT2D eigenvalue weighted by molar-refractivity contribution is 7.18. The van der Waals surface area contributed by atoms with Crippen molar-refractivity contribution in [1.29, 1.82) is 0 Å². The van der Waals surface area contributed by atoms with Crippen molar-refractivity contribution in [1.82, 2.24) is 4.98 Å². The second-order valence-electron chi connectivity index (χ2n) is 5.09. The van der Waals surface area contributed by atoms with Gasteiger partial charge in [0.25, 0.3) is 0 Å². The van der Waals surface area contributed by atoms with E-state index in [4.69, 9.17) is 0 Å². The van der Waals surface area contributed by atoms with Gasteiger partial charge in [-0.15, -0.1) is 11.3 Å². The fraction of sp³-hybridized carbons (Fsp3) is 0.462. The number of aromatic nitrogens is 1. The number of rotatable bonds is 4. The van der Waals surface area contributed by atoms with Gasteiger partial charge in [0, 0.05) is 24.3 Å². The van der Waals surface area contributed by atoms with Crippen LogP contribution in [0.1, 0.15) is 18.9 Å². The van der Waals surface area contributed by atoms with E-state index in [1.165, 1.54) is 4.70 Å². The second-order valence-corrected chi connectivity index (χ2v) is 6.33. The fourth-order valence-corrected chi connectivity index (χ4v) is 2.41. The van der Waals surface area contributed by atoms with Gasteiger partial charge in [0.15, 0.2) is 0 Å². The van der Waals surface area contributed by atoms with Crippen LogP contribution in [0.5, 0.6) is 0 Å². The number of aryl methyl sites for hydroxylation is 1. The Morgan fingerprint density at radius 1 is 1.41 bits per heavy atom. The molecule has 3 nitrogen and oxygen atoms in total. The van der Waals surface area contributed by atoms with Crippen LogP contribution >= 0.6 is 11.3 Å². The van der Waals surface area contributed by atoms with E-state index in [1.807, 2.05) is 32.9 Å². The third kappa shape index (κ3) is 2.96. The molecule has 4 heteroatoms. The van der Waals surface area contributed by atoms with Crippen LogP contribution in [0.4, 0.5) is 5.69 Å². The van der Waals surface area contributed by atoms with Crippen molar-refractivity contribution in [2.24, 2.45) is 5.41 Å². The molecule has 1 aromatic carbocycles. The van der Waals surface area contributed by atoms with Gasteiger partial charge in [-0.2, -0.15) is 0 Å². The van der Waals surface area contributed by atoms with Crippen LogP contribution in [0, 0.1) is 12.3 Å². The Morgan fingerprint density at radius 2 is 2.18 bits per heavy atom. The van der Waals surface area contributed by atoms with Gasteiger partial charge in [0.2, 0.25) is 0 Å². The van der Waals surface area contributed by atoms with Crippen molar-refractivity contribution in [3.05, 3.63) is 23.2 Å². The van der Waals surface area contributed by atoms with E-state index in [9.17, 15) is 5.11 Å². The van der Waals surface area contributed by atoms with Gasteiger partial charge in [-0.05, 0) is 25.1 Å². The molecule has 17 heavy (non-hydrogen) atoms. The molecule has 0 bridgehead atoms. The molecule has 0 saturated heterocycles. The zero-order chi connectivity index (χ0) is 12.5. The molecule has 1 heterocycles. The summed E-state index contributed by atoms with van der Waals surface area (Å²) in [4.78, 5) is 4.43. The van der Waals surface area contributed by atoms with E-state index >= 15 is 0 Å². The molecule has 2 N–H and O–H groups in total. The molecule has 2 aromatic rings. The van der Waals surface area contributed by atoms with E-state index in [0.717, 1.165) is 22.8 Å². The maximum absolute atomic E-state index is 9.20. The largest absolute Gasteiger partial charge is 0.396 e. The molecule has 92 valence electrons. The minimum absolute atomic E-state index is 0.0986. The highest BCUT2D eigenvalue weighted by atomic mass is 32.1. The fourth-order valence-electron chi connectivity index (χ4n) is 1.55. The third-order valence-corrected chi connectivity index (χ3v) is 3.63. The molecule has 2 rings (SSSR count). The molecule has 0 unspecified atom stereocenters. The standard InChI is InChI=1S/C13H18N2OS/c1-9-15-11-5-4-10(6-12(11)17-9)14-7-13(2,3)8-16/h4-6,14,16H,7-8H2,1-3H3. The Bertz CT molecular complexity index is 519. The summed E-state index contributed by atoms with van der Waals surface area (Å²) in [6, 6.07) is 6.19. The average Bonchev–Trinajstić information content (AvgIpc) is 2.66. The van der Waals surface area contributed by atoms with Gasteiger partial charge in [-0.1, -0.05) is 13.8 Å². The van der Waals surface area contributed by atoms with E-state index < -0.39 is 0 Å². The number of aliphatic hydroxyl groups excluding tert-OH is 1. The number of benzene rings is 1. The molecule has 0 aliphatic carbocycles. The van der Waals surface area contributed by atoms with Crippen molar-refractivity contribution >= 4 is 27.2 Å². The number of hydrogen-bond acceptors (Lipinski definition) is 4. The van der Waals surface area contributed by atoms with Gasteiger partial charge < -0.3 is 10.4 Å². The van der Waals surface area contributed by atoms with Crippen LogP contribution in [0.3, 0.4) is 0 Å². The lowest BCUT2D eigenvalue weighted by Gasteiger charge is -2.22. The molecule has 0 fully saturated rings. The topological polar surface area (TPSA) is 45.2 Å². The molecule has 1 aromatic heterocycles. The summed E-state index contributed by atoms with van der Waals surface area (Å²) < 4.78 is 1.20. The summed E-state index contributed by atoms with van der Waals surface area (Å²) in [5.41, 5.74) is 2.04. The first-order valence-corrected chi connectivity index (χ1v) is 6.54. The molecular weight excluding hydrogens is 232 g/mol. The summed E-state index contributed by atoms with van der Waals surface area (Å²) in [5, 5.41) is 13.6. The van der Waals surface area contributed by atoms with Crippen LogP contribution in [0.15, 0.2) is 18.2 Å². The molecular formula is C13H18N2OS. The average molecular weight is 250 g/mol. The minimum atomic E-state index is -0.0986. The van der Waals surface area contributed by atoms with Crippen LogP contribution < -0.4 is 5.32 Å². The first-order valence-electron chi connectivity index (χ1n) is 5.72. The van der Waals surface area contributed by atoms with Gasteiger partial charge in [0.05, 0.1) is 15.2 Å². The Labute approximate surface area is 106 Å². The summed E-state index contributed by atoms with van der Waals surface area (Å²) in [7, 11) is 0. The van der Waals surface area contributed by atoms with Crippen LogP contribution in [-0.2, 0) is 0 Å². The predicted octanol–water partition coefficient (Wildman–Crippen LogP) is 3.04. The quantitative estimate of drug-likeness (QED) is 0.876. The predicted molar refractivity (Wildman–Crippen MR) is 73.7 cm³/mol. The van der Waals surface area contributed by atoms with Gasteiger partial charge in [-0.3, -0.25) is 0 Å². The van der Waals surface area contributed by atoms with Crippen molar-refractivity contribution in [2.45, 2.75) is 20.8 Å². The van der Waals surface area contributed by atoms with E-state index in [1.54, 1.807) is 11.3 Å². The number of nitrogens with zero attached hydrogens (tertiary/aromatic N) is 1. The Morgan fingerprint density at radius 3 is 2.88 bits per heavy atom. The summed E-state index contributed by atoms with van der Waals surface area (Å²) >= 11 is 1.70. The Balaban J connectivity index is 2.14. The number of fused-ring (bicyclic) bond motifs is 1. The second kappa shape index (κ2) is 4.63. The highest BCUT2D eigenvalue weighted by Crippen LogP contribution is 2.25. The molecule has 0 saturated carbocycles. The monoisotopic (exact) mass is 250 g/mol. The molecule has 0 aliphatic rings. The van der Waals surface area contributed by atoms with Gasteiger partial charge in [-0.25, -0.2) is 4.98 Å². The van der Waals surface area contributed by atoms with E-state index in [2.05, 4.69) is 16.4 Å². The SMILES string of the molecule is Cc1nc2ccc(NCC(C)(C)CO)cc2s1. The number of anilines is 1. The lowest BCUT2D eigenvalue weighted by Crippen LogP contribution is -2.26. The van der Waals surface area contributed by atoms with Gasteiger partial charge >= 0.3 is 0 Å². The lowest BCUT2D eigenvalue weighted by molar-refractivity contribution is 0.171. The maximum Gasteiger partial charge on any atom is 0.0907 e. The minimum Gasteiger partial charge on any atom is -0.396 e. The van der Waals surface area contributed by atoms with E-state index in [0.29, 0.717) is 0 Å². The van der Waals surface area contributed by atoms with Crippen LogP contribution in [0.25, 0.3) is 10.2 Å². The zero-order valence-corrected chi connectivity index (χ0v) is 11.3. The first-order chi connectivity index (χ1) is 8.00. The van der Waals surface area contributed by atoms with Crippen molar-refractivity contribution in [3.8, 4) is 0 Å². The maximum atomic E-state index is 9.20. The van der Waals surface area contributed by atoms with Crippen LogP contribution in [-0.4, -0.2) is 23.2 Å². The third-order valence-electron chi connectivity index (χ3n) is 2.69. The molecule has 0 spiro atoms. The van der Waals surface area contributed by atoms with Crippen molar-refractivity contribution in [2.75, 3.05) is 18.5 Å². The first kappa shape index (κ1) is 12.3. The van der Waals surface area contributed by atoms with Crippen LogP contribution in [0.2, 0.25) is 0 Å². The molecule has 0 aliphatic heterocycles. The number of thiazole rings is 1. The van der Waals surface area contributed by atoms with Gasteiger partial charge in [0.1, 0.15) is 0 Å². The van der Waals surface area contributed by atoms with E-state index in [-0.39, 0.29) is 12.0 Å². The zero-order valence-electron chi connectivity index (χ0n) is 10.4. The number of hydrogen-bond donors (Lipinski definition) is 2. The molecule has 0 radical (unpaired) electrons. The smallest absolute Gasteiger partial charge is 0.0907 e. The molecule has 0 amide bonds. The summed E-state index contributed by atoms with van der Waals surface area (Å²) in [6.07, 6.45) is 0. The Kier molecular flexibility index (Phi) is 3.35. The highest BCUT2D eigenvalue weighted by Gasteiger charge is 2.15. The number of aliphatic hydroxyl groups is 1. The normalized spacial score (nSPS) is 12.0. The van der Waals surface area contributed by atoms with Crippen molar-refractivity contribution in [3.63, 3.8) is 0 Å². The lowest BCUT2D eigenvalue weighted by atomic mass is 9.95. The summed E-state index contributed by atoms with van der Waals surface area (Å²) in [6.45, 7) is 7.03. The van der Waals surface area contributed by atoms with Crippen molar-refractivity contribution < 1.29 is 5.11 Å². The Hall–Kier alpha value is -1.13. The number of nitrogens with one attached hydrogen (secondary N) is 1. The molecule has 0 atom stereocenters. The summed E-state index contributed by atoms with van der Waals surface area (Å²) in [5.74, 6) is 0.